The van der Waals surface area contributed by atoms with Crippen LogP contribution in [0.2, 0.25) is 0 Å². The second-order valence-electron chi connectivity index (χ2n) is 4.96. The summed E-state index contributed by atoms with van der Waals surface area (Å²) in [5.74, 6) is 0.249. The van der Waals surface area contributed by atoms with Crippen molar-refractivity contribution in [1.29, 1.82) is 0 Å². The molecule has 0 spiro atoms. The van der Waals surface area contributed by atoms with E-state index in [2.05, 4.69) is 6.92 Å². The number of hydrogen-bond acceptors (Lipinski definition) is 3. The van der Waals surface area contributed by atoms with Gasteiger partial charge in [0.1, 0.15) is 0 Å². The first-order valence-corrected chi connectivity index (χ1v) is 6.13. The van der Waals surface area contributed by atoms with Crippen molar-refractivity contribution >= 4 is 0 Å². The van der Waals surface area contributed by atoms with E-state index in [9.17, 15) is 5.11 Å². The third-order valence-electron chi connectivity index (χ3n) is 3.67. The summed E-state index contributed by atoms with van der Waals surface area (Å²) in [7, 11) is 0. The van der Waals surface area contributed by atoms with Crippen LogP contribution in [0.4, 0.5) is 0 Å². The maximum absolute atomic E-state index is 9.44. The van der Waals surface area contributed by atoms with Crippen LogP contribution >= 0.6 is 0 Å². The van der Waals surface area contributed by atoms with Gasteiger partial charge in [-0.15, -0.1) is 0 Å². The predicted molar refractivity (Wildman–Crippen MR) is 57.7 cm³/mol. The van der Waals surface area contributed by atoms with Gasteiger partial charge >= 0.3 is 0 Å². The third-order valence-corrected chi connectivity index (χ3v) is 3.67. The Bertz CT molecular complexity index is 199. The second kappa shape index (κ2) is 4.81. The van der Waals surface area contributed by atoms with Crippen molar-refractivity contribution in [2.75, 3.05) is 6.61 Å². The van der Waals surface area contributed by atoms with Gasteiger partial charge in [-0.25, -0.2) is 0 Å². The minimum Gasteiger partial charge on any atom is -0.393 e. The van der Waals surface area contributed by atoms with E-state index < -0.39 is 0 Å². The number of rotatable bonds is 4. The van der Waals surface area contributed by atoms with E-state index in [1.165, 1.54) is 19.3 Å². The Labute approximate surface area is 91.8 Å². The summed E-state index contributed by atoms with van der Waals surface area (Å²) < 4.78 is 11.3. The first-order chi connectivity index (χ1) is 7.18. The highest BCUT2D eigenvalue weighted by molar-refractivity contribution is 4.92. The Kier molecular flexibility index (Phi) is 3.65. The van der Waals surface area contributed by atoms with Crippen LogP contribution < -0.4 is 0 Å². The minimum absolute atomic E-state index is 0.249. The molecule has 1 N–H and O–H groups in total. The lowest BCUT2D eigenvalue weighted by Crippen LogP contribution is -2.24. The number of hydrogen-bond donors (Lipinski definition) is 1. The molecule has 0 saturated carbocycles. The largest absolute Gasteiger partial charge is 0.393 e. The molecule has 0 aliphatic carbocycles. The molecule has 2 fully saturated rings. The first kappa shape index (κ1) is 11.4. The standard InChI is InChI=1S/C12H22O3/c1-8(9(2)13)12-11(15-12)7-10-5-3-4-6-14-10/h8-13H,3-7H2,1-2H3/t8-,9-,10-,11-,12-/m0/s1. The van der Waals surface area contributed by atoms with E-state index in [0.29, 0.717) is 12.2 Å². The summed E-state index contributed by atoms with van der Waals surface area (Å²) >= 11 is 0. The Balaban J connectivity index is 1.69. The molecular formula is C12H22O3. The van der Waals surface area contributed by atoms with Gasteiger partial charge in [0.2, 0.25) is 0 Å². The lowest BCUT2D eigenvalue weighted by molar-refractivity contribution is 0.00707. The van der Waals surface area contributed by atoms with Gasteiger partial charge in [0, 0.05) is 18.9 Å². The molecule has 0 bridgehead atoms. The molecule has 2 aliphatic rings. The maximum atomic E-state index is 9.44. The van der Waals surface area contributed by atoms with Crippen LogP contribution in [0.25, 0.3) is 0 Å². The highest BCUT2D eigenvalue weighted by Gasteiger charge is 2.45. The average molecular weight is 214 g/mol. The highest BCUT2D eigenvalue weighted by atomic mass is 16.6. The molecule has 0 unspecified atom stereocenters. The van der Waals surface area contributed by atoms with Crippen LogP contribution in [0.1, 0.15) is 39.5 Å². The molecule has 2 heterocycles. The van der Waals surface area contributed by atoms with Crippen LogP contribution in [-0.4, -0.2) is 36.1 Å². The van der Waals surface area contributed by atoms with E-state index in [4.69, 9.17) is 9.47 Å². The second-order valence-corrected chi connectivity index (χ2v) is 4.96. The van der Waals surface area contributed by atoms with Gasteiger partial charge in [0.15, 0.2) is 0 Å². The van der Waals surface area contributed by atoms with Gasteiger partial charge in [0.05, 0.1) is 24.4 Å². The average Bonchev–Trinajstić information content (AvgIpc) is 2.97. The van der Waals surface area contributed by atoms with Crippen molar-refractivity contribution in [3.8, 4) is 0 Å². The zero-order valence-corrected chi connectivity index (χ0v) is 9.69. The molecule has 2 aliphatic heterocycles. The fourth-order valence-corrected chi connectivity index (χ4v) is 2.34. The number of aliphatic hydroxyl groups excluding tert-OH is 1. The van der Waals surface area contributed by atoms with Crippen molar-refractivity contribution in [2.24, 2.45) is 5.92 Å². The minimum atomic E-state index is -0.271. The molecule has 0 amide bonds. The van der Waals surface area contributed by atoms with Crippen molar-refractivity contribution in [3.05, 3.63) is 0 Å². The lowest BCUT2D eigenvalue weighted by atomic mass is 9.96. The molecular weight excluding hydrogens is 192 g/mol. The van der Waals surface area contributed by atoms with E-state index in [-0.39, 0.29) is 18.1 Å². The maximum Gasteiger partial charge on any atom is 0.0892 e. The van der Waals surface area contributed by atoms with Crippen LogP contribution in [0.5, 0.6) is 0 Å². The van der Waals surface area contributed by atoms with E-state index in [1.807, 2.05) is 6.92 Å². The van der Waals surface area contributed by atoms with Crippen LogP contribution in [-0.2, 0) is 9.47 Å². The van der Waals surface area contributed by atoms with Crippen molar-refractivity contribution in [2.45, 2.75) is 63.9 Å². The van der Waals surface area contributed by atoms with Crippen LogP contribution in [0.3, 0.4) is 0 Å². The fourth-order valence-electron chi connectivity index (χ4n) is 2.34. The quantitative estimate of drug-likeness (QED) is 0.725. The van der Waals surface area contributed by atoms with Crippen molar-refractivity contribution in [3.63, 3.8) is 0 Å². The number of aliphatic hydroxyl groups is 1. The van der Waals surface area contributed by atoms with Gasteiger partial charge in [-0.05, 0) is 26.2 Å². The molecule has 0 radical (unpaired) electrons. The smallest absolute Gasteiger partial charge is 0.0892 e. The Morgan fingerprint density at radius 1 is 1.33 bits per heavy atom. The summed E-state index contributed by atoms with van der Waals surface area (Å²) in [5.41, 5.74) is 0. The predicted octanol–water partition coefficient (Wildman–Crippen LogP) is 1.73. The van der Waals surface area contributed by atoms with E-state index in [1.54, 1.807) is 0 Å². The molecule has 2 saturated heterocycles. The van der Waals surface area contributed by atoms with Gasteiger partial charge in [-0.1, -0.05) is 6.92 Å². The third kappa shape index (κ3) is 2.92. The summed E-state index contributed by atoms with van der Waals surface area (Å²) in [4.78, 5) is 0. The lowest BCUT2D eigenvalue weighted by Gasteiger charge is -2.22. The Morgan fingerprint density at radius 3 is 2.73 bits per heavy atom. The zero-order valence-electron chi connectivity index (χ0n) is 9.69. The molecule has 15 heavy (non-hydrogen) atoms. The van der Waals surface area contributed by atoms with Gasteiger partial charge < -0.3 is 14.6 Å². The molecule has 0 aromatic heterocycles. The molecule has 2 rings (SSSR count). The van der Waals surface area contributed by atoms with Crippen molar-refractivity contribution < 1.29 is 14.6 Å². The van der Waals surface area contributed by atoms with Crippen LogP contribution in [0, 0.1) is 5.92 Å². The molecule has 5 atom stereocenters. The summed E-state index contributed by atoms with van der Waals surface area (Å²) in [6.07, 6.45) is 5.40. The number of ether oxygens (including phenoxy) is 2. The summed E-state index contributed by atoms with van der Waals surface area (Å²) in [6.45, 7) is 4.80. The summed E-state index contributed by atoms with van der Waals surface area (Å²) in [5, 5.41) is 9.44. The van der Waals surface area contributed by atoms with Gasteiger partial charge in [-0.2, -0.15) is 0 Å². The van der Waals surface area contributed by atoms with E-state index >= 15 is 0 Å². The molecule has 88 valence electrons. The molecule has 0 aromatic rings. The topological polar surface area (TPSA) is 42.0 Å². The first-order valence-electron chi connectivity index (χ1n) is 6.13. The normalized spacial score (nSPS) is 39.8. The molecule has 3 heteroatoms. The SMILES string of the molecule is C[C@H]([C@@H]1O[C@H]1C[C@@H]1CCCCO1)[C@H](C)O. The van der Waals surface area contributed by atoms with Crippen molar-refractivity contribution in [1.82, 2.24) is 0 Å². The number of epoxide rings is 1. The molecule has 0 aromatic carbocycles. The Hall–Kier alpha value is -0.120. The zero-order chi connectivity index (χ0) is 10.8. The van der Waals surface area contributed by atoms with Gasteiger partial charge in [0.25, 0.3) is 0 Å². The Morgan fingerprint density at radius 2 is 2.13 bits per heavy atom. The van der Waals surface area contributed by atoms with Gasteiger partial charge in [-0.3, -0.25) is 0 Å². The molecule has 3 nitrogen and oxygen atoms in total. The van der Waals surface area contributed by atoms with E-state index in [0.717, 1.165) is 13.0 Å². The monoisotopic (exact) mass is 214 g/mol. The summed E-state index contributed by atoms with van der Waals surface area (Å²) in [6, 6.07) is 0. The highest BCUT2D eigenvalue weighted by Crippen LogP contribution is 2.36. The van der Waals surface area contributed by atoms with Crippen LogP contribution in [0.15, 0.2) is 0 Å². The fraction of sp³-hybridized carbons (Fsp3) is 1.00.